The number of fused-ring (bicyclic) bond motifs is 6. The Hall–Kier alpha value is -7.10. The van der Waals surface area contributed by atoms with Crippen molar-refractivity contribution < 1.29 is 88.7 Å². The van der Waals surface area contributed by atoms with E-state index >= 15 is 0 Å². The maximum absolute atomic E-state index is 9.08. The fraction of sp³-hybridized carbons (Fsp3) is 0.194. The molecule has 0 unspecified atom stereocenters. The fourth-order valence-corrected chi connectivity index (χ4v) is 11.6. The van der Waals surface area contributed by atoms with Gasteiger partial charge >= 0.3 is 0 Å². The zero-order valence-corrected chi connectivity index (χ0v) is 60.2. The first-order chi connectivity index (χ1) is 47.6. The van der Waals surface area contributed by atoms with Crippen molar-refractivity contribution >= 4 is 110 Å². The molecule has 0 aliphatic rings. The van der Waals surface area contributed by atoms with Crippen molar-refractivity contribution in [2.24, 2.45) is 0 Å². The van der Waals surface area contributed by atoms with Crippen LogP contribution in [-0.2, 0) is 50.3 Å². The quantitative estimate of drug-likeness (QED) is 0.0701. The molecule has 6 heterocycles. The van der Waals surface area contributed by atoms with Crippen molar-refractivity contribution in [3.05, 3.63) is 229 Å². The second-order valence-corrected chi connectivity index (χ2v) is 32.7. The normalized spacial score (nSPS) is 12.7. The zero-order chi connectivity index (χ0) is 76.8. The summed E-state index contributed by atoms with van der Waals surface area (Å²) in [5, 5.41) is 21.2. The van der Waals surface area contributed by atoms with Gasteiger partial charge < -0.3 is 38.6 Å². The van der Waals surface area contributed by atoms with Crippen LogP contribution in [0.4, 0.5) is 0 Å². The fourth-order valence-electron chi connectivity index (χ4n) is 8.43. The Morgan fingerprint density at radius 2 is 0.891 bits per heavy atom. The van der Waals surface area contributed by atoms with Crippen molar-refractivity contribution in [2.45, 2.75) is 73.6 Å². The second kappa shape index (κ2) is 39.4. The molecule has 20 heteroatoms. The van der Waals surface area contributed by atoms with Gasteiger partial charge in [0, 0.05) is 167 Å². The molecule has 11 nitrogen and oxygen atoms in total. The number of rotatable bonds is 6. The number of furan rings is 2. The maximum Gasteiger partial charge on any atom is 0.139 e. The molecule has 6 aromatic carbocycles. The molecule has 92 heavy (non-hydrogen) atoms. The molecule has 0 saturated heterocycles. The minimum Gasteiger partial charge on any atom is -0.748 e. The predicted molar refractivity (Wildman–Crippen MR) is 384 cm³/mol. The monoisotopic (exact) mass is 1640 g/mol. The molecular weight excluding hydrogens is 1550 g/mol. The first-order valence-electron chi connectivity index (χ1n) is 33.7. The summed E-state index contributed by atoms with van der Waals surface area (Å²) in [4.78, 5) is 17.6. The maximum atomic E-state index is 9.08. The minimum absolute atomic E-state index is 0. The van der Waals surface area contributed by atoms with Gasteiger partial charge in [-0.1, -0.05) is 143 Å². The Balaban J connectivity index is 0.000000438. The van der Waals surface area contributed by atoms with E-state index in [9.17, 15) is 0 Å². The third-order valence-electron chi connectivity index (χ3n) is 12.2. The van der Waals surface area contributed by atoms with E-state index in [1.54, 1.807) is 31.2 Å². The summed E-state index contributed by atoms with van der Waals surface area (Å²) in [6.07, 6.45) is 11.0. The zero-order valence-electron chi connectivity index (χ0n) is 64.6. The Kier molecular flexibility index (Phi) is 26.7. The summed E-state index contributed by atoms with van der Waals surface area (Å²) in [7, 11) is 9.19. The molecule has 474 valence electrons. The number of aliphatic hydroxyl groups is 2. The van der Waals surface area contributed by atoms with Crippen LogP contribution in [-0.4, -0.2) is 109 Å². The topological polar surface area (TPSA) is 175 Å². The molecular formula is C72H76B4Ir2N4O7SSi2-4. The molecule has 2 N–H and O–H groups in total. The molecule has 0 spiro atoms. The number of aryl methyl sites for hydroxylation is 4. The van der Waals surface area contributed by atoms with Gasteiger partial charge in [0.25, 0.3) is 0 Å². The van der Waals surface area contributed by atoms with E-state index in [4.69, 9.17) is 58.4 Å². The number of nitrogens with zero attached hydrogens (tertiary/aromatic N) is 4. The van der Waals surface area contributed by atoms with Crippen LogP contribution in [0.25, 0.3) is 88.9 Å². The molecule has 0 saturated carbocycles. The predicted octanol–water partition coefficient (Wildman–Crippen LogP) is 14.0. The third-order valence-corrected chi connectivity index (χ3v) is 16.2. The number of pyridine rings is 4. The van der Waals surface area contributed by atoms with Gasteiger partial charge in [-0.25, -0.2) is 8.42 Å². The Morgan fingerprint density at radius 1 is 0.522 bits per heavy atom. The molecule has 0 aliphatic heterocycles. The van der Waals surface area contributed by atoms with Crippen molar-refractivity contribution in [3.8, 4) is 57.4 Å². The van der Waals surface area contributed by atoms with Crippen LogP contribution in [0.5, 0.6) is 0 Å². The van der Waals surface area contributed by atoms with E-state index in [-0.39, 0.29) is 62.5 Å². The summed E-state index contributed by atoms with van der Waals surface area (Å²) in [6, 6.07) is 59.5. The van der Waals surface area contributed by atoms with E-state index in [0.717, 1.165) is 75.0 Å². The molecule has 0 amide bonds. The average Bonchev–Trinajstić information content (AvgIpc) is 1.46. The van der Waals surface area contributed by atoms with E-state index < -0.39 is 60.1 Å². The molecule has 12 aromatic rings. The van der Waals surface area contributed by atoms with Crippen molar-refractivity contribution in [1.82, 2.24) is 19.9 Å². The Labute approximate surface area is 595 Å². The Bertz CT molecular complexity index is 4390. The van der Waals surface area contributed by atoms with Gasteiger partial charge in [0.15, 0.2) is 0 Å². The molecule has 12 rings (SSSR count). The van der Waals surface area contributed by atoms with E-state index in [0.29, 0.717) is 28.8 Å². The molecule has 8 radical (unpaired) electrons. The van der Waals surface area contributed by atoms with Crippen LogP contribution >= 0.6 is 0 Å². The van der Waals surface area contributed by atoms with Crippen molar-refractivity contribution in [2.75, 3.05) is 20.5 Å². The van der Waals surface area contributed by atoms with Crippen LogP contribution in [0.2, 0.25) is 39.3 Å². The van der Waals surface area contributed by atoms with Gasteiger partial charge in [0.1, 0.15) is 22.3 Å². The number of aliphatic hydroxyl groups excluding tert-OH is 2. The van der Waals surface area contributed by atoms with Gasteiger partial charge in [0.2, 0.25) is 0 Å². The van der Waals surface area contributed by atoms with Crippen LogP contribution in [0, 0.1) is 58.0 Å². The van der Waals surface area contributed by atoms with Crippen LogP contribution in [0.3, 0.4) is 0 Å². The van der Waals surface area contributed by atoms with Gasteiger partial charge in [-0.15, -0.1) is 118 Å². The SMILES string of the molecule is C#CC.CO.CO.CS(=O)(=O)[O-].C[Si](C)(C)c1ccc[c-]c1-c1cc2oc3ccccc3c2cn1.C[Si](C)(C)c1ccccc1-c1cc2oc3ccccc3c2cn1.[2H]C([2H])([2H])c1c[c-]c(-c2ccc(C([2H])([2H])[2H])cn2)cc1.[2H]C([2H])([2H])c1c[c-]c(-c2ccc(C([2H])([2H])[2H])cn2)cc1.[B]B([B])[B].[Ir].[Ir]. The third kappa shape index (κ3) is 25.8. The Morgan fingerprint density at radius 3 is 1.28 bits per heavy atom. The van der Waals surface area contributed by atoms with Crippen LogP contribution in [0.1, 0.15) is 45.6 Å². The summed E-state index contributed by atoms with van der Waals surface area (Å²) in [5.41, 5.74) is 11.0. The number of para-hydroxylation sites is 2. The summed E-state index contributed by atoms with van der Waals surface area (Å²) in [6.45, 7) is 7.11. The van der Waals surface area contributed by atoms with Crippen molar-refractivity contribution in [3.63, 3.8) is 0 Å². The van der Waals surface area contributed by atoms with Gasteiger partial charge in [-0.3, -0.25) is 4.98 Å². The van der Waals surface area contributed by atoms with Gasteiger partial charge in [-0.05, 0) is 72.6 Å². The smallest absolute Gasteiger partial charge is 0.139 e. The van der Waals surface area contributed by atoms with Crippen molar-refractivity contribution in [1.29, 1.82) is 0 Å². The summed E-state index contributed by atoms with van der Waals surface area (Å²) >= 11 is 0. The van der Waals surface area contributed by atoms with Gasteiger partial charge in [0.05, 0.1) is 23.9 Å². The standard InChI is InChI=1S/C20H19NOSi.C20H18NOSi.2C13H12N.C3H4.CH4O3S.2CH4O.B4.2Ir/c2*1-23(2,3)20-11-7-5-9-15(20)17-12-19-16(13-21-17)14-8-4-6-10-18(14)22-19;2*1-10-3-6-12(7-4-10)13-8-5-11(2)9-14-13;1-3-2;1-5(2,3)4;2*1-2;1-4(2)3;;/h4-13H,1-3H3;4-8,10-13H,1-3H3;2*3-6,8-9H,1-2H3;1H,2H3;1H3,(H,2,3,4);2*2H,1H3;;;/q;3*-1;;;;;;;/p-1/i;;2*1D3,2D3;;;;;;;. The second-order valence-electron chi connectivity index (χ2n) is 21.2. The largest absolute Gasteiger partial charge is 0.748 e. The number of hydrogen-bond acceptors (Lipinski definition) is 11. The number of terminal acetylenes is 1. The van der Waals surface area contributed by atoms with Gasteiger partial charge in [-0.2, -0.15) is 0 Å². The van der Waals surface area contributed by atoms with E-state index in [2.05, 4.69) is 158 Å². The number of aromatic nitrogens is 4. The molecule has 0 fully saturated rings. The van der Waals surface area contributed by atoms with E-state index in [1.165, 1.54) is 64.7 Å². The van der Waals surface area contributed by atoms with Crippen LogP contribution in [0.15, 0.2) is 197 Å². The molecule has 0 bridgehead atoms. The average molecular weight is 1640 g/mol. The molecule has 0 atom stereocenters. The molecule has 6 aromatic heterocycles. The minimum atomic E-state index is -3.92. The molecule has 0 aliphatic carbocycles. The summed E-state index contributed by atoms with van der Waals surface area (Å²) < 4.78 is 127. The first-order valence-corrected chi connectivity index (χ1v) is 36.5. The number of hydrogen-bond donors (Lipinski definition) is 2. The van der Waals surface area contributed by atoms with Crippen LogP contribution < -0.4 is 10.4 Å². The first kappa shape index (κ1) is 62.4. The summed E-state index contributed by atoms with van der Waals surface area (Å²) in [5.74, 6) is 2.25. The van der Waals surface area contributed by atoms with E-state index in [1.807, 2.05) is 60.9 Å². The number of benzene rings is 6.